The summed E-state index contributed by atoms with van der Waals surface area (Å²) in [5.41, 5.74) is 1.08. The van der Waals surface area contributed by atoms with Crippen molar-refractivity contribution in [3.05, 3.63) is 22.4 Å². The van der Waals surface area contributed by atoms with E-state index in [-0.39, 0.29) is 0 Å². The van der Waals surface area contributed by atoms with Crippen molar-refractivity contribution in [2.45, 2.75) is 25.3 Å². The Morgan fingerprint density at radius 3 is 3.06 bits per heavy atom. The molecule has 2 aliphatic heterocycles. The van der Waals surface area contributed by atoms with Crippen molar-refractivity contribution in [3.8, 4) is 0 Å². The van der Waals surface area contributed by atoms with Gasteiger partial charge in [-0.25, -0.2) is 4.98 Å². The van der Waals surface area contributed by atoms with E-state index in [1.165, 1.54) is 19.3 Å². The topological polar surface area (TPSA) is 28.2 Å². The molecule has 0 radical (unpaired) electrons. The van der Waals surface area contributed by atoms with Gasteiger partial charge in [0.05, 0.1) is 16.9 Å². The van der Waals surface area contributed by atoms with Crippen LogP contribution in [0.5, 0.6) is 0 Å². The molecule has 1 N–H and O–H groups in total. The quantitative estimate of drug-likeness (QED) is 0.804. The summed E-state index contributed by atoms with van der Waals surface area (Å²) in [6, 6.07) is 2.54. The normalized spacial score (nSPS) is 28.0. The minimum atomic E-state index is 0.382. The van der Waals surface area contributed by atoms with Gasteiger partial charge in [0.25, 0.3) is 0 Å². The number of anilines is 1. The van der Waals surface area contributed by atoms with Gasteiger partial charge in [-0.3, -0.25) is 0 Å². The van der Waals surface area contributed by atoms with Crippen LogP contribution in [-0.4, -0.2) is 30.7 Å². The largest absolute Gasteiger partial charge is 0.369 e. The van der Waals surface area contributed by atoms with Crippen molar-refractivity contribution >= 4 is 28.9 Å². The highest BCUT2D eigenvalue weighted by Gasteiger charge is 2.30. The molecule has 18 heavy (non-hydrogen) atoms. The second-order valence-electron chi connectivity index (χ2n) is 5.16. The average molecular weight is 286 g/mol. The maximum Gasteiger partial charge on any atom is 0.147 e. The Bertz CT molecular complexity index is 438. The Hall–Kier alpha value is -0.510. The summed E-state index contributed by atoms with van der Waals surface area (Å²) < 4.78 is 0. The third kappa shape index (κ3) is 2.44. The Morgan fingerprint density at radius 2 is 2.22 bits per heavy atom. The lowest BCUT2D eigenvalue weighted by atomic mass is 9.97. The molecule has 0 saturated carbocycles. The number of fused-ring (bicyclic) bond motifs is 1. The molecule has 2 unspecified atom stereocenters. The number of hydrogen-bond donors (Lipinski definition) is 1. The summed E-state index contributed by atoms with van der Waals surface area (Å²) in [6.07, 6.45) is 5.70. The number of rotatable bonds is 1. The molecule has 2 atom stereocenters. The van der Waals surface area contributed by atoms with Gasteiger partial charge in [-0.2, -0.15) is 0 Å². The standard InChI is InChI=1S/C13H17Cl2N3/c14-11-6-10(7-17-13(11)15)18-5-1-2-9-3-4-16-12(9)8-18/h6-7,9,12,16H,1-5,8H2. The zero-order chi connectivity index (χ0) is 12.5. The number of halogens is 2. The lowest BCUT2D eigenvalue weighted by Crippen LogP contribution is -2.38. The van der Waals surface area contributed by atoms with Gasteiger partial charge in [-0.05, 0) is 37.8 Å². The minimum absolute atomic E-state index is 0.382. The van der Waals surface area contributed by atoms with Crippen molar-refractivity contribution in [3.63, 3.8) is 0 Å². The molecule has 2 saturated heterocycles. The molecule has 98 valence electrons. The zero-order valence-electron chi connectivity index (χ0n) is 10.2. The average Bonchev–Trinajstić information content (AvgIpc) is 2.70. The molecular formula is C13H17Cl2N3. The van der Waals surface area contributed by atoms with E-state index in [1.807, 2.05) is 12.3 Å². The molecule has 3 heterocycles. The van der Waals surface area contributed by atoms with E-state index in [1.54, 1.807) is 0 Å². The molecular weight excluding hydrogens is 269 g/mol. The van der Waals surface area contributed by atoms with Gasteiger partial charge in [-0.1, -0.05) is 23.2 Å². The second kappa shape index (κ2) is 5.24. The fourth-order valence-corrected chi connectivity index (χ4v) is 3.34. The summed E-state index contributed by atoms with van der Waals surface area (Å²) >= 11 is 11.9. The van der Waals surface area contributed by atoms with Gasteiger partial charge in [0.15, 0.2) is 0 Å². The van der Waals surface area contributed by atoms with Crippen LogP contribution in [0.25, 0.3) is 0 Å². The van der Waals surface area contributed by atoms with Crippen LogP contribution < -0.4 is 10.2 Å². The van der Waals surface area contributed by atoms with E-state index >= 15 is 0 Å². The van der Waals surface area contributed by atoms with Gasteiger partial charge in [0.2, 0.25) is 0 Å². The van der Waals surface area contributed by atoms with Crippen LogP contribution in [0, 0.1) is 5.92 Å². The second-order valence-corrected chi connectivity index (χ2v) is 5.93. The highest BCUT2D eigenvalue weighted by Crippen LogP contribution is 2.30. The Kier molecular flexibility index (Phi) is 3.64. The first-order chi connectivity index (χ1) is 8.74. The van der Waals surface area contributed by atoms with Crippen molar-refractivity contribution in [2.75, 3.05) is 24.5 Å². The Balaban J connectivity index is 1.80. The monoisotopic (exact) mass is 285 g/mol. The van der Waals surface area contributed by atoms with E-state index in [2.05, 4.69) is 15.2 Å². The van der Waals surface area contributed by atoms with Crippen molar-refractivity contribution in [1.82, 2.24) is 10.3 Å². The molecule has 3 rings (SSSR count). The fourth-order valence-electron chi connectivity index (χ4n) is 3.07. The van der Waals surface area contributed by atoms with E-state index in [4.69, 9.17) is 23.2 Å². The predicted molar refractivity (Wildman–Crippen MR) is 75.6 cm³/mol. The third-order valence-corrected chi connectivity index (χ3v) is 4.74. The van der Waals surface area contributed by atoms with Gasteiger partial charge < -0.3 is 10.2 Å². The van der Waals surface area contributed by atoms with Crippen LogP contribution in [0.15, 0.2) is 12.3 Å². The molecule has 0 aromatic carbocycles. The number of pyridine rings is 1. The first kappa shape index (κ1) is 12.5. The third-order valence-electron chi connectivity index (χ3n) is 4.06. The van der Waals surface area contributed by atoms with E-state index < -0.39 is 0 Å². The summed E-state index contributed by atoms with van der Waals surface area (Å²) in [6.45, 7) is 3.28. The molecule has 0 bridgehead atoms. The lowest BCUT2D eigenvalue weighted by molar-refractivity contribution is 0.445. The molecule has 0 amide bonds. The van der Waals surface area contributed by atoms with E-state index in [9.17, 15) is 0 Å². The summed E-state index contributed by atoms with van der Waals surface area (Å²) in [4.78, 5) is 6.51. The predicted octanol–water partition coefficient (Wildman–Crippen LogP) is 2.97. The molecule has 1 aromatic heterocycles. The maximum atomic E-state index is 6.05. The van der Waals surface area contributed by atoms with Gasteiger partial charge in [-0.15, -0.1) is 0 Å². The SMILES string of the molecule is Clc1cc(N2CCCC3CCNC3C2)cnc1Cl. The van der Waals surface area contributed by atoms with Gasteiger partial charge in [0, 0.05) is 19.1 Å². The number of aromatic nitrogens is 1. The van der Waals surface area contributed by atoms with Crippen LogP contribution >= 0.6 is 23.2 Å². The van der Waals surface area contributed by atoms with Crippen molar-refractivity contribution < 1.29 is 0 Å². The Morgan fingerprint density at radius 1 is 1.33 bits per heavy atom. The zero-order valence-corrected chi connectivity index (χ0v) is 11.7. The van der Waals surface area contributed by atoms with Gasteiger partial charge >= 0.3 is 0 Å². The van der Waals surface area contributed by atoms with Crippen molar-refractivity contribution in [2.24, 2.45) is 5.92 Å². The molecule has 5 heteroatoms. The molecule has 0 aliphatic carbocycles. The molecule has 3 nitrogen and oxygen atoms in total. The summed E-state index contributed by atoms with van der Waals surface area (Å²) in [5, 5.41) is 4.52. The lowest BCUT2D eigenvalue weighted by Gasteiger charge is -2.26. The summed E-state index contributed by atoms with van der Waals surface area (Å²) in [7, 11) is 0. The highest BCUT2D eigenvalue weighted by atomic mass is 35.5. The van der Waals surface area contributed by atoms with E-state index in [0.717, 1.165) is 31.2 Å². The fraction of sp³-hybridized carbons (Fsp3) is 0.615. The van der Waals surface area contributed by atoms with Gasteiger partial charge in [0.1, 0.15) is 5.15 Å². The Labute approximate surface area is 117 Å². The van der Waals surface area contributed by atoms with Crippen LogP contribution in [0.2, 0.25) is 10.2 Å². The van der Waals surface area contributed by atoms with E-state index in [0.29, 0.717) is 16.2 Å². The smallest absolute Gasteiger partial charge is 0.147 e. The number of hydrogen-bond acceptors (Lipinski definition) is 3. The highest BCUT2D eigenvalue weighted by molar-refractivity contribution is 6.41. The molecule has 0 spiro atoms. The molecule has 1 aromatic rings. The number of nitrogens with one attached hydrogen (secondary N) is 1. The van der Waals surface area contributed by atoms with Crippen LogP contribution in [-0.2, 0) is 0 Å². The summed E-state index contributed by atoms with van der Waals surface area (Å²) in [5.74, 6) is 0.839. The van der Waals surface area contributed by atoms with Crippen LogP contribution in [0.1, 0.15) is 19.3 Å². The van der Waals surface area contributed by atoms with Crippen LogP contribution in [0.3, 0.4) is 0 Å². The first-order valence-corrected chi connectivity index (χ1v) is 7.29. The molecule has 2 fully saturated rings. The number of nitrogens with zero attached hydrogens (tertiary/aromatic N) is 2. The maximum absolute atomic E-state index is 6.05. The van der Waals surface area contributed by atoms with Crippen LogP contribution in [0.4, 0.5) is 5.69 Å². The minimum Gasteiger partial charge on any atom is -0.369 e. The molecule has 2 aliphatic rings. The van der Waals surface area contributed by atoms with Crippen molar-refractivity contribution in [1.29, 1.82) is 0 Å². The first-order valence-electron chi connectivity index (χ1n) is 6.53.